The molecule has 0 atom stereocenters. The van der Waals surface area contributed by atoms with Crippen LogP contribution >= 0.6 is 0 Å². The van der Waals surface area contributed by atoms with Gasteiger partial charge in [0.25, 0.3) is 0 Å². The van der Waals surface area contributed by atoms with Crippen LogP contribution in [-0.2, 0) is 11.4 Å². The lowest BCUT2D eigenvalue weighted by molar-refractivity contribution is 0.0696. The Hall–Kier alpha value is -4.55. The van der Waals surface area contributed by atoms with Crippen molar-refractivity contribution in [3.63, 3.8) is 0 Å². The minimum atomic E-state index is -1.04. The fourth-order valence-electron chi connectivity index (χ4n) is 4.18. The first kappa shape index (κ1) is 21.3. The first-order valence-electron chi connectivity index (χ1n) is 10.7. The molecular weight excluding hydrogens is 428 g/mol. The Balaban J connectivity index is 1.69. The van der Waals surface area contributed by atoms with Crippen LogP contribution in [0.4, 0.5) is 0 Å². The van der Waals surface area contributed by atoms with Crippen LogP contribution in [0.5, 0.6) is 0 Å². The summed E-state index contributed by atoms with van der Waals surface area (Å²) < 4.78 is 7.55. The second-order valence-corrected chi connectivity index (χ2v) is 7.96. The third-order valence-corrected chi connectivity index (χ3v) is 5.85. The number of nitrogens with two attached hydrogens (primary N) is 1. The van der Waals surface area contributed by atoms with Crippen molar-refractivity contribution in [1.29, 1.82) is 0 Å². The number of nitrogens with zero attached hydrogens (tertiary/aromatic N) is 1. The van der Waals surface area contributed by atoms with E-state index in [0.29, 0.717) is 18.1 Å². The van der Waals surface area contributed by atoms with Crippen molar-refractivity contribution in [3.05, 3.63) is 120 Å². The van der Waals surface area contributed by atoms with Gasteiger partial charge in [0.05, 0.1) is 17.8 Å². The van der Waals surface area contributed by atoms with Crippen molar-refractivity contribution in [3.8, 4) is 0 Å². The van der Waals surface area contributed by atoms with Gasteiger partial charge in [-0.15, -0.1) is 0 Å². The van der Waals surface area contributed by atoms with Crippen LogP contribution in [0.3, 0.4) is 0 Å². The number of furan rings is 1. The highest BCUT2D eigenvalue weighted by atomic mass is 16.6. The number of hydrogen-bond donors (Lipinski definition) is 2. The molecule has 0 amide bonds. The fourth-order valence-corrected chi connectivity index (χ4v) is 4.18. The Labute approximate surface area is 195 Å². The Morgan fingerprint density at radius 3 is 2.50 bits per heavy atom. The third-order valence-electron chi connectivity index (χ3n) is 5.85. The van der Waals surface area contributed by atoms with Crippen LogP contribution in [0.25, 0.3) is 33.0 Å². The molecule has 0 aliphatic heterocycles. The van der Waals surface area contributed by atoms with E-state index in [1.807, 2.05) is 59.2 Å². The van der Waals surface area contributed by atoms with Crippen molar-refractivity contribution in [2.24, 2.45) is 5.90 Å². The minimum absolute atomic E-state index is 0.0988. The molecule has 0 unspecified atom stereocenters. The standard InChI is InChI=1S/C28H22N2O4/c1-18(19-7-3-2-4-8-19)13-27(34-29)26-15-24-23-10-6-5-9-20(23)11-12-25(24)30(26)16-22-14-21(17-33-22)28(31)32/h2-15,17H,1,16,29H2,(H,31,32)/b27-13-. The molecule has 5 aromatic rings. The van der Waals surface area contributed by atoms with Gasteiger partial charge in [-0.1, -0.05) is 67.2 Å². The van der Waals surface area contributed by atoms with E-state index in [2.05, 4.69) is 24.8 Å². The molecule has 0 aliphatic carbocycles. The summed E-state index contributed by atoms with van der Waals surface area (Å²) in [4.78, 5) is 16.7. The molecule has 0 saturated carbocycles. The molecule has 34 heavy (non-hydrogen) atoms. The number of benzene rings is 3. The van der Waals surface area contributed by atoms with Gasteiger partial charge in [-0.3, -0.25) is 0 Å². The maximum absolute atomic E-state index is 11.3. The third kappa shape index (κ3) is 3.87. The molecule has 0 saturated heterocycles. The van der Waals surface area contributed by atoms with Gasteiger partial charge in [0.2, 0.25) is 0 Å². The van der Waals surface area contributed by atoms with E-state index in [-0.39, 0.29) is 5.56 Å². The van der Waals surface area contributed by atoms with E-state index < -0.39 is 5.97 Å². The first-order valence-corrected chi connectivity index (χ1v) is 10.7. The summed E-state index contributed by atoms with van der Waals surface area (Å²) in [5.41, 5.74) is 3.45. The van der Waals surface area contributed by atoms with Gasteiger partial charge in [-0.25, -0.2) is 4.79 Å². The van der Waals surface area contributed by atoms with Crippen molar-refractivity contribution in [1.82, 2.24) is 4.57 Å². The maximum atomic E-state index is 11.3. The second-order valence-electron chi connectivity index (χ2n) is 7.96. The van der Waals surface area contributed by atoms with Crippen LogP contribution in [0.1, 0.15) is 27.4 Å². The van der Waals surface area contributed by atoms with E-state index in [4.69, 9.17) is 15.2 Å². The number of hydrogen-bond acceptors (Lipinski definition) is 4. The maximum Gasteiger partial charge on any atom is 0.338 e. The van der Waals surface area contributed by atoms with E-state index in [0.717, 1.165) is 38.5 Å². The lowest BCUT2D eigenvalue weighted by atomic mass is 10.1. The number of carbonyl (C=O) groups is 1. The van der Waals surface area contributed by atoms with E-state index >= 15 is 0 Å². The van der Waals surface area contributed by atoms with Crippen LogP contribution in [-0.4, -0.2) is 15.6 Å². The van der Waals surface area contributed by atoms with Crippen molar-refractivity contribution >= 4 is 39.0 Å². The number of aromatic carboxylic acids is 1. The molecule has 0 bridgehead atoms. The zero-order valence-electron chi connectivity index (χ0n) is 18.3. The van der Waals surface area contributed by atoms with E-state index in [1.54, 1.807) is 6.08 Å². The van der Waals surface area contributed by atoms with Gasteiger partial charge in [0.1, 0.15) is 12.0 Å². The largest absolute Gasteiger partial charge is 0.478 e. The molecule has 0 aliphatic rings. The van der Waals surface area contributed by atoms with Crippen LogP contribution in [0.15, 0.2) is 102 Å². The molecule has 6 heteroatoms. The molecule has 6 nitrogen and oxygen atoms in total. The van der Waals surface area contributed by atoms with Crippen molar-refractivity contribution in [2.45, 2.75) is 6.54 Å². The molecule has 168 valence electrons. The van der Waals surface area contributed by atoms with Crippen LogP contribution in [0, 0.1) is 0 Å². The first-order chi connectivity index (χ1) is 16.5. The average molecular weight is 450 g/mol. The molecule has 0 spiro atoms. The SMILES string of the molecule is C=C(/C=C(\ON)c1cc2c3ccccc3ccc2n1Cc1cc(C(=O)O)co1)c1ccccc1. The summed E-state index contributed by atoms with van der Waals surface area (Å²) in [6, 6.07) is 25.5. The van der Waals surface area contributed by atoms with E-state index in [9.17, 15) is 9.90 Å². The summed E-state index contributed by atoms with van der Waals surface area (Å²) in [5, 5.41) is 12.5. The minimum Gasteiger partial charge on any atom is -0.478 e. The zero-order chi connectivity index (χ0) is 23.7. The Morgan fingerprint density at radius 1 is 1.00 bits per heavy atom. The Morgan fingerprint density at radius 2 is 1.76 bits per heavy atom. The molecule has 3 aromatic carbocycles. The lowest BCUT2D eigenvalue weighted by Gasteiger charge is -2.12. The highest BCUT2D eigenvalue weighted by molar-refractivity contribution is 6.08. The van der Waals surface area contributed by atoms with E-state index in [1.165, 1.54) is 12.3 Å². The van der Waals surface area contributed by atoms with Gasteiger partial charge < -0.3 is 18.9 Å². The molecule has 0 radical (unpaired) electrons. The number of rotatable bonds is 7. The molecule has 2 heterocycles. The summed E-state index contributed by atoms with van der Waals surface area (Å²) in [6.45, 7) is 4.47. The smallest absolute Gasteiger partial charge is 0.338 e. The van der Waals surface area contributed by atoms with Gasteiger partial charge in [-0.05, 0) is 46.2 Å². The number of carboxylic acid groups (broad SMARTS) is 1. The summed E-state index contributed by atoms with van der Waals surface area (Å²) in [7, 11) is 0. The number of aromatic nitrogens is 1. The number of carboxylic acids is 1. The number of allylic oxidation sites excluding steroid dienone is 2. The Kier molecular flexibility index (Phi) is 5.49. The van der Waals surface area contributed by atoms with Gasteiger partial charge in [-0.2, -0.15) is 5.90 Å². The predicted octanol–water partition coefficient (Wildman–Crippen LogP) is 6.08. The fraction of sp³-hybridized carbons (Fsp3) is 0.0357. The van der Waals surface area contributed by atoms with Gasteiger partial charge >= 0.3 is 5.97 Å². The molecule has 0 fully saturated rings. The van der Waals surface area contributed by atoms with Crippen LogP contribution in [0.2, 0.25) is 0 Å². The van der Waals surface area contributed by atoms with Gasteiger partial charge in [0, 0.05) is 10.9 Å². The summed E-state index contributed by atoms with van der Waals surface area (Å²) in [6.07, 6.45) is 3.04. The lowest BCUT2D eigenvalue weighted by Crippen LogP contribution is -2.07. The monoisotopic (exact) mass is 450 g/mol. The molecule has 5 rings (SSSR count). The zero-order valence-corrected chi connectivity index (χ0v) is 18.3. The molecule has 3 N–H and O–H groups in total. The Bertz CT molecular complexity index is 1560. The normalized spacial score (nSPS) is 11.7. The summed E-state index contributed by atoms with van der Waals surface area (Å²) >= 11 is 0. The van der Waals surface area contributed by atoms with Crippen molar-refractivity contribution in [2.75, 3.05) is 0 Å². The molecular formula is C28H22N2O4. The number of fused-ring (bicyclic) bond motifs is 3. The quantitative estimate of drug-likeness (QED) is 0.178. The average Bonchev–Trinajstić information content (AvgIpc) is 3.48. The predicted molar refractivity (Wildman–Crippen MR) is 133 cm³/mol. The van der Waals surface area contributed by atoms with Crippen molar-refractivity contribution < 1.29 is 19.2 Å². The highest BCUT2D eigenvalue weighted by Gasteiger charge is 2.18. The highest BCUT2D eigenvalue weighted by Crippen LogP contribution is 2.33. The molecule has 2 aromatic heterocycles. The summed E-state index contributed by atoms with van der Waals surface area (Å²) in [5.74, 6) is 5.64. The van der Waals surface area contributed by atoms with Gasteiger partial charge in [0.15, 0.2) is 5.76 Å². The topological polar surface area (TPSA) is 90.6 Å². The second kappa shape index (κ2) is 8.77. The van der Waals surface area contributed by atoms with Crippen LogP contribution < -0.4 is 5.90 Å².